The molecule has 4 aromatic rings. The van der Waals surface area contributed by atoms with Gasteiger partial charge in [0.2, 0.25) is 0 Å². The summed E-state index contributed by atoms with van der Waals surface area (Å²) >= 11 is 13.7. The maximum atomic E-state index is 14.0. The summed E-state index contributed by atoms with van der Waals surface area (Å²) < 4.78 is 57.0. The molecule has 0 aliphatic rings. The van der Waals surface area contributed by atoms with Gasteiger partial charge in [0.05, 0.1) is 30.7 Å². The smallest absolute Gasteiger partial charge is 0.278 e. The topological polar surface area (TPSA) is 110 Å². The van der Waals surface area contributed by atoms with Crippen LogP contribution in [-0.4, -0.2) is 21.8 Å². The lowest BCUT2D eigenvalue weighted by Crippen LogP contribution is -2.38. The molecule has 1 aromatic heterocycles. The summed E-state index contributed by atoms with van der Waals surface area (Å²) in [5.41, 5.74) is 6.69. The molecule has 0 amide bonds. The van der Waals surface area contributed by atoms with Crippen molar-refractivity contribution >= 4 is 70.5 Å². The summed E-state index contributed by atoms with van der Waals surface area (Å²) in [7, 11) is -9.35. The molecule has 0 radical (unpaired) electrons. The highest BCUT2D eigenvalue weighted by Gasteiger charge is 2.39. The average Bonchev–Trinajstić information content (AvgIpc) is 3.14. The van der Waals surface area contributed by atoms with Gasteiger partial charge in [-0.25, -0.2) is 4.98 Å². The van der Waals surface area contributed by atoms with Gasteiger partial charge in [0.1, 0.15) is 0 Å². The number of nitrogens with zero attached hydrogens (tertiary/aromatic N) is 2. The first-order valence-corrected chi connectivity index (χ1v) is 14.3. The van der Waals surface area contributed by atoms with E-state index in [1.807, 2.05) is 6.92 Å². The van der Waals surface area contributed by atoms with Gasteiger partial charge in [0.15, 0.2) is 0 Å². The van der Waals surface area contributed by atoms with Crippen LogP contribution in [0.25, 0.3) is 10.2 Å². The van der Waals surface area contributed by atoms with Crippen molar-refractivity contribution < 1.29 is 16.8 Å². The molecule has 178 valence electrons. The molecule has 0 unspecified atom stereocenters. The van der Waals surface area contributed by atoms with E-state index in [4.69, 9.17) is 28.9 Å². The van der Waals surface area contributed by atoms with E-state index in [9.17, 15) is 16.8 Å². The molecule has 0 spiro atoms. The van der Waals surface area contributed by atoms with Crippen LogP contribution in [0.4, 0.5) is 5.69 Å². The Morgan fingerprint density at radius 1 is 0.912 bits per heavy atom. The molecule has 1 heterocycles. The number of benzene rings is 3. The van der Waals surface area contributed by atoms with E-state index >= 15 is 0 Å². The highest BCUT2D eigenvalue weighted by atomic mass is 35.5. The average molecular weight is 557 g/mol. The number of anilines is 1. The van der Waals surface area contributed by atoms with Gasteiger partial charge in [-0.15, -0.1) is 11.3 Å². The molecule has 0 aliphatic carbocycles. The lowest BCUT2D eigenvalue weighted by molar-refractivity contribution is 0.583. The van der Waals surface area contributed by atoms with Crippen LogP contribution < -0.4 is 9.44 Å². The number of halogens is 2. The number of aromatic nitrogens is 1. The molecule has 12 heteroatoms. The molecule has 0 atom stereocenters. The molecule has 7 nitrogen and oxygen atoms in total. The summed E-state index contributed by atoms with van der Waals surface area (Å²) in [6, 6.07) is 13.0. The highest BCUT2D eigenvalue weighted by molar-refractivity contribution is 8.10. The second-order valence-corrected chi connectivity index (χ2v) is 13.2. The third-order valence-electron chi connectivity index (χ3n) is 5.18. The van der Waals surface area contributed by atoms with Crippen molar-refractivity contribution in [1.82, 2.24) is 4.98 Å². The van der Waals surface area contributed by atoms with Gasteiger partial charge in [-0.05, 0) is 61.9 Å². The zero-order valence-electron chi connectivity index (χ0n) is 18.0. The van der Waals surface area contributed by atoms with Gasteiger partial charge in [-0.3, -0.25) is 0 Å². The molecule has 3 aromatic carbocycles. The molecule has 0 saturated carbocycles. The molecule has 0 bridgehead atoms. The predicted molar refractivity (Wildman–Crippen MR) is 137 cm³/mol. The minimum Gasteiger partial charge on any atom is -0.326 e. The molecule has 0 aliphatic heterocycles. The summed E-state index contributed by atoms with van der Waals surface area (Å²) in [5, 5.41) is 1.07. The zero-order valence-corrected chi connectivity index (χ0v) is 22.0. The van der Waals surface area contributed by atoms with Crippen molar-refractivity contribution in [1.29, 1.82) is 0 Å². The van der Waals surface area contributed by atoms with E-state index in [-0.39, 0.29) is 43.2 Å². The third kappa shape index (κ3) is 4.19. The predicted octanol–water partition coefficient (Wildman–Crippen LogP) is 5.26. The second-order valence-electron chi connectivity index (χ2n) is 7.38. The van der Waals surface area contributed by atoms with E-state index < -0.39 is 20.0 Å². The number of thiazole rings is 1. The molecular formula is C22H19Cl2N3O4S3. The molecule has 2 N–H and O–H groups in total. The number of sulfonamides is 2. The lowest BCUT2D eigenvalue weighted by Gasteiger charge is -2.26. The minimum absolute atomic E-state index is 0.0709. The summed E-state index contributed by atoms with van der Waals surface area (Å²) in [6.45, 7) is 3.12. The van der Waals surface area contributed by atoms with Gasteiger partial charge in [-0.1, -0.05) is 35.3 Å². The van der Waals surface area contributed by atoms with E-state index in [1.54, 1.807) is 6.07 Å². The number of rotatable bonds is 6. The summed E-state index contributed by atoms with van der Waals surface area (Å²) in [4.78, 5) is 3.83. The van der Waals surface area contributed by atoms with Crippen LogP contribution in [0.1, 0.15) is 16.1 Å². The van der Waals surface area contributed by atoms with Gasteiger partial charge in [-0.2, -0.15) is 20.5 Å². The largest absolute Gasteiger partial charge is 0.326 e. The lowest BCUT2D eigenvalue weighted by atomic mass is 10.2. The Bertz CT molecular complexity index is 1630. The molecular weight excluding hydrogens is 537 g/mol. The fourth-order valence-electron chi connectivity index (χ4n) is 3.57. The van der Waals surface area contributed by atoms with Crippen LogP contribution in [0.15, 0.2) is 64.4 Å². The highest BCUT2D eigenvalue weighted by Crippen LogP contribution is 2.37. The Balaban J connectivity index is 2.06. The normalized spacial score (nSPS) is 12.3. The van der Waals surface area contributed by atoms with Crippen molar-refractivity contribution in [3.05, 3.63) is 80.8 Å². The molecule has 0 saturated heterocycles. The Morgan fingerprint density at radius 2 is 1.53 bits per heavy atom. The van der Waals surface area contributed by atoms with Gasteiger partial charge in [0, 0.05) is 22.2 Å². The number of hydrogen-bond acceptors (Lipinski definition) is 7. The van der Waals surface area contributed by atoms with Crippen LogP contribution >= 0.6 is 34.5 Å². The second kappa shape index (κ2) is 9.10. The molecule has 0 fully saturated rings. The van der Waals surface area contributed by atoms with E-state index in [1.165, 1.54) is 66.8 Å². The molecule has 4 rings (SSSR count). The van der Waals surface area contributed by atoms with Gasteiger partial charge < -0.3 is 5.73 Å². The Kier molecular flexibility index (Phi) is 6.67. The van der Waals surface area contributed by atoms with Crippen LogP contribution in [-0.2, 0) is 26.6 Å². The quantitative estimate of drug-likeness (QED) is 0.347. The van der Waals surface area contributed by atoms with Crippen molar-refractivity contribution in [2.24, 2.45) is 5.73 Å². The Hall–Kier alpha value is -2.21. The Labute approximate surface area is 211 Å². The summed E-state index contributed by atoms with van der Waals surface area (Å²) in [5.74, 6) is 0. The van der Waals surface area contributed by atoms with E-state index in [0.29, 0.717) is 13.9 Å². The maximum absolute atomic E-state index is 14.0. The SMILES string of the molecule is Cc1nc2ccc(N(S(=O)(=O)c3cccc(Cl)c3C)S(=O)(=O)c3cccc(Cl)c3CN)cc2s1. The zero-order chi connectivity index (χ0) is 24.8. The number of aryl methyl sites for hydroxylation is 1. The number of hydrogen-bond donors (Lipinski definition) is 1. The van der Waals surface area contributed by atoms with E-state index in [2.05, 4.69) is 4.98 Å². The standard InChI is InChI=1S/C22H19Cl2N3O4S3/c1-13-17(23)5-3-7-21(13)33(28,29)27(15-9-10-19-20(11-15)32-14(2)26-19)34(30,31)22-8-4-6-18(24)16(22)12-25/h3-11H,12,25H2,1-2H3. The van der Waals surface area contributed by atoms with Crippen LogP contribution in [0.3, 0.4) is 0 Å². The van der Waals surface area contributed by atoms with Crippen LogP contribution in [0.2, 0.25) is 10.0 Å². The maximum Gasteiger partial charge on any atom is 0.278 e. The fraction of sp³-hybridized carbons (Fsp3) is 0.136. The van der Waals surface area contributed by atoms with E-state index in [0.717, 1.165) is 5.01 Å². The minimum atomic E-state index is -4.69. The first-order valence-electron chi connectivity index (χ1n) is 9.88. The van der Waals surface area contributed by atoms with Crippen LogP contribution in [0.5, 0.6) is 0 Å². The van der Waals surface area contributed by atoms with Gasteiger partial charge in [0.25, 0.3) is 20.0 Å². The van der Waals surface area contributed by atoms with Crippen molar-refractivity contribution in [3.8, 4) is 0 Å². The van der Waals surface area contributed by atoms with Crippen molar-refractivity contribution in [3.63, 3.8) is 0 Å². The monoisotopic (exact) mass is 555 g/mol. The fourth-order valence-corrected chi connectivity index (χ4v) is 9.13. The summed E-state index contributed by atoms with van der Waals surface area (Å²) in [6.07, 6.45) is 0. The number of fused-ring (bicyclic) bond motifs is 1. The van der Waals surface area contributed by atoms with Gasteiger partial charge >= 0.3 is 0 Å². The van der Waals surface area contributed by atoms with Crippen molar-refractivity contribution in [2.45, 2.75) is 30.2 Å². The third-order valence-corrected chi connectivity index (χ3v) is 11.3. The first kappa shape index (κ1) is 24.9. The molecule has 34 heavy (non-hydrogen) atoms. The first-order chi connectivity index (χ1) is 16.0. The van der Waals surface area contributed by atoms with Crippen LogP contribution in [0, 0.1) is 13.8 Å². The van der Waals surface area contributed by atoms with Crippen molar-refractivity contribution in [2.75, 3.05) is 3.71 Å². The number of nitrogens with two attached hydrogens (primary N) is 1. The Morgan fingerprint density at radius 3 is 2.21 bits per heavy atom.